The first-order valence-electron chi connectivity index (χ1n) is 8.29. The van der Waals surface area contributed by atoms with Crippen LogP contribution in [0.1, 0.15) is 10.4 Å². The summed E-state index contributed by atoms with van der Waals surface area (Å²) in [5, 5.41) is 4.26. The molecule has 0 aliphatic rings. The number of halogens is 1. The smallest absolute Gasteiger partial charge is 0.340 e. The van der Waals surface area contributed by atoms with E-state index in [2.05, 4.69) is 10.3 Å². The number of amides is 1. The summed E-state index contributed by atoms with van der Waals surface area (Å²) in [4.78, 5) is 29.4. The van der Waals surface area contributed by atoms with E-state index in [1.54, 1.807) is 36.2 Å². The van der Waals surface area contributed by atoms with Crippen molar-refractivity contribution in [1.82, 2.24) is 10.3 Å². The average molecular weight is 401 g/mol. The number of pyridine rings is 1. The number of hydrogen-bond donors (Lipinski definition) is 1. The fraction of sp³-hybridized carbons (Fsp3) is 0.150. The van der Waals surface area contributed by atoms with Gasteiger partial charge in [-0.1, -0.05) is 29.8 Å². The molecule has 0 aliphatic heterocycles. The Kier molecular flexibility index (Phi) is 6.68. The number of benzene rings is 2. The molecule has 27 heavy (non-hydrogen) atoms. The maximum absolute atomic E-state index is 12.2. The summed E-state index contributed by atoms with van der Waals surface area (Å²) in [6.45, 7) is 0.146. The van der Waals surface area contributed by atoms with Crippen LogP contribution >= 0.6 is 23.4 Å². The molecule has 2 aromatic carbocycles. The van der Waals surface area contributed by atoms with Crippen LogP contribution in [0.3, 0.4) is 0 Å². The molecule has 1 aromatic heterocycles. The third-order valence-electron chi connectivity index (χ3n) is 3.69. The predicted molar refractivity (Wildman–Crippen MR) is 107 cm³/mol. The Bertz CT molecular complexity index is 942. The van der Waals surface area contributed by atoms with Gasteiger partial charge in [-0.25, -0.2) is 4.79 Å². The van der Waals surface area contributed by atoms with E-state index < -0.39 is 5.97 Å². The molecule has 0 atom stereocenters. The van der Waals surface area contributed by atoms with Crippen molar-refractivity contribution >= 4 is 46.1 Å². The van der Waals surface area contributed by atoms with Gasteiger partial charge in [0.2, 0.25) is 0 Å². The average Bonchev–Trinajstić information content (AvgIpc) is 2.70. The first kappa shape index (κ1) is 19.2. The van der Waals surface area contributed by atoms with Gasteiger partial charge in [-0.05, 0) is 36.4 Å². The lowest BCUT2D eigenvalue weighted by atomic mass is 10.1. The number of carbonyl (C=O) groups is 2. The van der Waals surface area contributed by atoms with Gasteiger partial charge in [0.1, 0.15) is 0 Å². The fourth-order valence-corrected chi connectivity index (χ4v) is 3.31. The van der Waals surface area contributed by atoms with E-state index in [9.17, 15) is 9.59 Å². The van der Waals surface area contributed by atoms with Gasteiger partial charge in [0.15, 0.2) is 6.61 Å². The summed E-state index contributed by atoms with van der Waals surface area (Å²) >= 11 is 7.44. The number of rotatable bonds is 7. The highest BCUT2D eigenvalue weighted by Crippen LogP contribution is 2.19. The number of nitrogens with zero attached hydrogens (tertiary/aromatic N) is 1. The molecule has 138 valence electrons. The summed E-state index contributed by atoms with van der Waals surface area (Å²) < 4.78 is 5.11. The van der Waals surface area contributed by atoms with Gasteiger partial charge in [-0.3, -0.25) is 9.78 Å². The van der Waals surface area contributed by atoms with Crippen LogP contribution in [0.15, 0.2) is 65.7 Å². The fourth-order valence-electron chi connectivity index (χ4n) is 2.42. The molecule has 3 aromatic rings. The van der Waals surface area contributed by atoms with E-state index in [4.69, 9.17) is 16.3 Å². The molecule has 0 bridgehead atoms. The minimum atomic E-state index is -0.565. The zero-order chi connectivity index (χ0) is 19.1. The van der Waals surface area contributed by atoms with Gasteiger partial charge < -0.3 is 10.1 Å². The maximum Gasteiger partial charge on any atom is 0.340 e. The van der Waals surface area contributed by atoms with Crippen molar-refractivity contribution in [3.8, 4) is 0 Å². The molecule has 0 fully saturated rings. The number of ether oxygens (including phenoxy) is 1. The van der Waals surface area contributed by atoms with Crippen LogP contribution < -0.4 is 5.32 Å². The number of thioether (sulfide) groups is 1. The Morgan fingerprint density at radius 2 is 1.85 bits per heavy atom. The number of carbonyl (C=O) groups excluding carboxylic acids is 2. The standard InChI is InChI=1S/C20H17ClN2O3S/c21-15-6-8-16(9-7-15)27-12-11-22-18(24)13-26-20(25)17-5-1-3-14-4-2-10-23-19(14)17/h1-10H,11-13H2,(H,22,24). The van der Waals surface area contributed by atoms with Crippen molar-refractivity contribution < 1.29 is 14.3 Å². The van der Waals surface area contributed by atoms with E-state index >= 15 is 0 Å². The van der Waals surface area contributed by atoms with Crippen LogP contribution in [0.2, 0.25) is 5.02 Å². The quantitative estimate of drug-likeness (QED) is 0.369. The molecule has 0 unspecified atom stereocenters. The summed E-state index contributed by atoms with van der Waals surface area (Å²) in [6.07, 6.45) is 1.62. The number of esters is 1. The normalized spacial score (nSPS) is 10.6. The molecule has 1 heterocycles. The topological polar surface area (TPSA) is 68.3 Å². The van der Waals surface area contributed by atoms with E-state index in [-0.39, 0.29) is 12.5 Å². The molecule has 0 saturated heterocycles. The maximum atomic E-state index is 12.2. The monoisotopic (exact) mass is 400 g/mol. The lowest BCUT2D eigenvalue weighted by molar-refractivity contribution is -0.124. The van der Waals surface area contributed by atoms with Crippen molar-refractivity contribution in [1.29, 1.82) is 0 Å². The second kappa shape index (κ2) is 9.39. The summed E-state index contributed by atoms with van der Waals surface area (Å²) in [5.41, 5.74) is 0.906. The van der Waals surface area contributed by atoms with Crippen LogP contribution in [0.25, 0.3) is 10.9 Å². The van der Waals surface area contributed by atoms with Gasteiger partial charge in [-0.2, -0.15) is 0 Å². The number of para-hydroxylation sites is 1. The molecule has 1 N–H and O–H groups in total. The summed E-state index contributed by atoms with van der Waals surface area (Å²) in [7, 11) is 0. The Labute approximate surface area is 166 Å². The van der Waals surface area contributed by atoms with Crippen molar-refractivity contribution in [2.45, 2.75) is 4.90 Å². The highest BCUT2D eigenvalue weighted by molar-refractivity contribution is 7.99. The number of hydrogen-bond acceptors (Lipinski definition) is 5. The number of nitrogens with one attached hydrogen (secondary N) is 1. The van der Waals surface area contributed by atoms with Crippen molar-refractivity contribution in [3.05, 3.63) is 71.4 Å². The molecular weight excluding hydrogens is 384 g/mol. The van der Waals surface area contributed by atoms with E-state index in [0.29, 0.717) is 28.4 Å². The van der Waals surface area contributed by atoms with E-state index in [0.717, 1.165) is 10.3 Å². The molecular formula is C20H17ClN2O3S. The largest absolute Gasteiger partial charge is 0.452 e. The second-order valence-corrected chi connectivity index (χ2v) is 7.21. The van der Waals surface area contributed by atoms with Gasteiger partial charge >= 0.3 is 5.97 Å². The van der Waals surface area contributed by atoms with Gasteiger partial charge in [0.25, 0.3) is 5.91 Å². The van der Waals surface area contributed by atoms with Crippen molar-refractivity contribution in [3.63, 3.8) is 0 Å². The molecule has 0 saturated carbocycles. The third-order valence-corrected chi connectivity index (χ3v) is 4.96. The third kappa shape index (κ3) is 5.45. The Morgan fingerprint density at radius 3 is 2.67 bits per heavy atom. The molecule has 0 radical (unpaired) electrons. The van der Waals surface area contributed by atoms with Gasteiger partial charge in [-0.15, -0.1) is 11.8 Å². The molecule has 3 rings (SSSR count). The first-order chi connectivity index (χ1) is 13.1. The Hall–Kier alpha value is -2.57. The number of fused-ring (bicyclic) bond motifs is 1. The minimum absolute atomic E-state index is 0.326. The lowest BCUT2D eigenvalue weighted by Gasteiger charge is -2.08. The minimum Gasteiger partial charge on any atom is -0.452 e. The van der Waals surface area contributed by atoms with Gasteiger partial charge in [0, 0.05) is 33.8 Å². The summed E-state index contributed by atoms with van der Waals surface area (Å²) in [5.74, 6) is -0.201. The Balaban J connectivity index is 1.43. The van der Waals surface area contributed by atoms with Crippen LogP contribution in [-0.2, 0) is 9.53 Å². The van der Waals surface area contributed by atoms with Gasteiger partial charge in [0.05, 0.1) is 11.1 Å². The molecule has 7 heteroatoms. The SMILES string of the molecule is O=C(COC(=O)c1cccc2cccnc12)NCCSc1ccc(Cl)cc1. The number of aromatic nitrogens is 1. The highest BCUT2D eigenvalue weighted by Gasteiger charge is 2.13. The van der Waals surface area contributed by atoms with Crippen molar-refractivity contribution in [2.24, 2.45) is 0 Å². The van der Waals surface area contributed by atoms with Crippen LogP contribution in [-0.4, -0.2) is 35.8 Å². The second-order valence-electron chi connectivity index (χ2n) is 5.61. The van der Waals surface area contributed by atoms with Crippen LogP contribution in [0.5, 0.6) is 0 Å². The first-order valence-corrected chi connectivity index (χ1v) is 9.66. The molecule has 5 nitrogen and oxygen atoms in total. The Morgan fingerprint density at radius 1 is 1.07 bits per heavy atom. The zero-order valence-corrected chi connectivity index (χ0v) is 15.9. The summed E-state index contributed by atoms with van der Waals surface area (Å²) in [6, 6.07) is 16.4. The zero-order valence-electron chi connectivity index (χ0n) is 14.4. The van der Waals surface area contributed by atoms with Crippen LogP contribution in [0, 0.1) is 0 Å². The molecule has 1 amide bonds. The van der Waals surface area contributed by atoms with Crippen molar-refractivity contribution in [2.75, 3.05) is 18.9 Å². The predicted octanol–water partition coefficient (Wildman–Crippen LogP) is 3.95. The van der Waals surface area contributed by atoms with E-state index in [1.165, 1.54) is 0 Å². The highest BCUT2D eigenvalue weighted by atomic mass is 35.5. The van der Waals surface area contributed by atoms with E-state index in [1.807, 2.05) is 36.4 Å². The van der Waals surface area contributed by atoms with Crippen LogP contribution in [0.4, 0.5) is 0 Å². The molecule has 0 spiro atoms. The lowest BCUT2D eigenvalue weighted by Crippen LogP contribution is -2.30. The molecule has 0 aliphatic carbocycles.